The number of aromatic hydroxyl groups is 1. The first-order valence-corrected chi connectivity index (χ1v) is 7.30. The van der Waals surface area contributed by atoms with Crippen LogP contribution in [-0.2, 0) is 0 Å². The standard InChI is InChI=1S/C16H21NO2/c18-14-8-6-13(7-9-14)16(19)11-17-10-2-4-12-3-1-5-15(12)17/h6-9,12,15,18H,1-5,10-11H2. The number of benzene rings is 1. The Morgan fingerprint density at radius 3 is 2.68 bits per heavy atom. The van der Waals surface area contributed by atoms with Crippen LogP contribution in [0.15, 0.2) is 24.3 Å². The molecule has 1 aromatic rings. The van der Waals surface area contributed by atoms with Crippen LogP contribution >= 0.6 is 0 Å². The highest BCUT2D eigenvalue weighted by Crippen LogP contribution is 2.36. The van der Waals surface area contributed by atoms with Crippen molar-refractivity contribution in [3.8, 4) is 5.75 Å². The SMILES string of the molecule is O=C(CN1CCCC2CCCC21)c1ccc(O)cc1. The summed E-state index contributed by atoms with van der Waals surface area (Å²) in [5, 5.41) is 9.26. The first-order chi connectivity index (χ1) is 9.24. The lowest BCUT2D eigenvalue weighted by Crippen LogP contribution is -2.45. The molecule has 0 radical (unpaired) electrons. The lowest BCUT2D eigenvalue weighted by atomic mass is 9.91. The third kappa shape index (κ3) is 2.66. The van der Waals surface area contributed by atoms with Crippen LogP contribution in [0.4, 0.5) is 0 Å². The number of hydrogen-bond donors (Lipinski definition) is 1. The number of Topliss-reactive ketones (excluding diaryl/α,β-unsaturated/α-hetero) is 1. The molecule has 0 bridgehead atoms. The van der Waals surface area contributed by atoms with Crippen molar-refractivity contribution in [1.82, 2.24) is 4.90 Å². The van der Waals surface area contributed by atoms with E-state index in [0.717, 1.165) is 12.5 Å². The Labute approximate surface area is 114 Å². The second-order valence-corrected chi connectivity index (χ2v) is 5.84. The zero-order chi connectivity index (χ0) is 13.2. The summed E-state index contributed by atoms with van der Waals surface area (Å²) >= 11 is 0. The number of piperidine rings is 1. The van der Waals surface area contributed by atoms with Crippen LogP contribution in [0.25, 0.3) is 0 Å². The molecule has 3 nitrogen and oxygen atoms in total. The molecule has 0 amide bonds. The molecule has 1 aliphatic carbocycles. The summed E-state index contributed by atoms with van der Waals surface area (Å²) in [5.74, 6) is 1.21. The van der Waals surface area contributed by atoms with Gasteiger partial charge in [-0.1, -0.05) is 6.42 Å². The summed E-state index contributed by atoms with van der Waals surface area (Å²) in [5.41, 5.74) is 0.706. The molecule has 1 aliphatic heterocycles. The van der Waals surface area contributed by atoms with Gasteiger partial charge in [0.1, 0.15) is 5.75 Å². The topological polar surface area (TPSA) is 40.5 Å². The lowest BCUT2D eigenvalue weighted by Gasteiger charge is -2.37. The number of nitrogens with zero attached hydrogens (tertiary/aromatic N) is 1. The van der Waals surface area contributed by atoms with Crippen LogP contribution < -0.4 is 0 Å². The maximum absolute atomic E-state index is 12.3. The normalized spacial score (nSPS) is 27.2. The van der Waals surface area contributed by atoms with Crippen molar-refractivity contribution < 1.29 is 9.90 Å². The summed E-state index contributed by atoms with van der Waals surface area (Å²) in [7, 11) is 0. The molecule has 2 atom stereocenters. The quantitative estimate of drug-likeness (QED) is 0.849. The molecular weight excluding hydrogens is 238 g/mol. The minimum atomic E-state index is 0.174. The highest BCUT2D eigenvalue weighted by molar-refractivity contribution is 5.97. The number of phenols is 1. The summed E-state index contributed by atoms with van der Waals surface area (Å²) in [4.78, 5) is 14.7. The average Bonchev–Trinajstić information content (AvgIpc) is 2.89. The molecule has 1 heterocycles. The van der Waals surface area contributed by atoms with E-state index in [1.807, 2.05) is 0 Å². The number of carbonyl (C=O) groups excluding carboxylic acids is 1. The molecule has 102 valence electrons. The van der Waals surface area contributed by atoms with Gasteiger partial charge in [0.2, 0.25) is 0 Å². The molecule has 2 aliphatic rings. The third-order valence-electron chi connectivity index (χ3n) is 4.64. The molecule has 3 heteroatoms. The van der Waals surface area contributed by atoms with Gasteiger partial charge in [-0.3, -0.25) is 9.69 Å². The number of rotatable bonds is 3. The van der Waals surface area contributed by atoms with E-state index in [-0.39, 0.29) is 11.5 Å². The molecule has 19 heavy (non-hydrogen) atoms. The van der Waals surface area contributed by atoms with Crippen LogP contribution in [0.5, 0.6) is 5.75 Å². The van der Waals surface area contributed by atoms with Gasteiger partial charge in [0.15, 0.2) is 5.78 Å². The van der Waals surface area contributed by atoms with Gasteiger partial charge < -0.3 is 5.11 Å². The fourth-order valence-corrected chi connectivity index (χ4v) is 3.68. The van der Waals surface area contributed by atoms with Crippen LogP contribution in [0.2, 0.25) is 0 Å². The molecule has 2 fully saturated rings. The summed E-state index contributed by atoms with van der Waals surface area (Å²) in [6.07, 6.45) is 6.49. The number of hydrogen-bond acceptors (Lipinski definition) is 3. The predicted molar refractivity (Wildman–Crippen MR) is 74.4 cm³/mol. The Hall–Kier alpha value is -1.35. The first kappa shape index (κ1) is 12.7. The summed E-state index contributed by atoms with van der Waals surface area (Å²) in [6.45, 7) is 1.59. The van der Waals surface area contributed by atoms with Gasteiger partial charge in [0, 0.05) is 11.6 Å². The Morgan fingerprint density at radius 1 is 1.16 bits per heavy atom. The third-order valence-corrected chi connectivity index (χ3v) is 4.64. The van der Waals surface area contributed by atoms with Crippen molar-refractivity contribution in [3.05, 3.63) is 29.8 Å². The van der Waals surface area contributed by atoms with Crippen molar-refractivity contribution in [2.45, 2.75) is 38.1 Å². The van der Waals surface area contributed by atoms with E-state index in [4.69, 9.17) is 0 Å². The fourth-order valence-electron chi connectivity index (χ4n) is 3.68. The van der Waals surface area contributed by atoms with Crippen LogP contribution in [0, 0.1) is 5.92 Å². The van der Waals surface area contributed by atoms with Gasteiger partial charge in [0.05, 0.1) is 6.54 Å². The van der Waals surface area contributed by atoms with Gasteiger partial charge >= 0.3 is 0 Å². The lowest BCUT2D eigenvalue weighted by molar-refractivity contribution is 0.0777. The van der Waals surface area contributed by atoms with Gasteiger partial charge in [0.25, 0.3) is 0 Å². The Kier molecular flexibility index (Phi) is 3.56. The average molecular weight is 259 g/mol. The Morgan fingerprint density at radius 2 is 1.89 bits per heavy atom. The van der Waals surface area contributed by atoms with Crippen molar-refractivity contribution in [1.29, 1.82) is 0 Å². The molecule has 1 aromatic carbocycles. The minimum absolute atomic E-state index is 0.174. The molecular formula is C16H21NO2. The number of ketones is 1. The molecule has 1 saturated heterocycles. The van der Waals surface area contributed by atoms with Crippen LogP contribution in [0.1, 0.15) is 42.5 Å². The van der Waals surface area contributed by atoms with Crippen LogP contribution in [-0.4, -0.2) is 34.9 Å². The summed E-state index contributed by atoms with van der Waals surface area (Å²) < 4.78 is 0. The van der Waals surface area contributed by atoms with E-state index in [1.54, 1.807) is 24.3 Å². The van der Waals surface area contributed by atoms with E-state index in [2.05, 4.69) is 4.90 Å². The second kappa shape index (κ2) is 5.33. The zero-order valence-corrected chi connectivity index (χ0v) is 11.2. The van der Waals surface area contributed by atoms with Crippen molar-refractivity contribution in [2.75, 3.05) is 13.1 Å². The Balaban J connectivity index is 1.67. The van der Waals surface area contributed by atoms with Gasteiger partial charge in [-0.05, 0) is 62.4 Å². The highest BCUT2D eigenvalue weighted by atomic mass is 16.3. The summed E-state index contributed by atoms with van der Waals surface area (Å²) in [6, 6.07) is 7.24. The fraction of sp³-hybridized carbons (Fsp3) is 0.562. The van der Waals surface area contributed by atoms with Crippen molar-refractivity contribution in [3.63, 3.8) is 0 Å². The highest BCUT2D eigenvalue weighted by Gasteiger charge is 2.35. The van der Waals surface area contributed by atoms with Crippen LogP contribution in [0.3, 0.4) is 0 Å². The largest absolute Gasteiger partial charge is 0.508 e. The number of phenolic OH excluding ortho intramolecular Hbond substituents is 1. The van der Waals surface area contributed by atoms with Gasteiger partial charge in [-0.15, -0.1) is 0 Å². The number of fused-ring (bicyclic) bond motifs is 1. The van der Waals surface area contributed by atoms with Gasteiger partial charge in [-0.25, -0.2) is 0 Å². The maximum atomic E-state index is 12.3. The minimum Gasteiger partial charge on any atom is -0.508 e. The van der Waals surface area contributed by atoms with E-state index in [1.165, 1.54) is 32.1 Å². The van der Waals surface area contributed by atoms with E-state index in [0.29, 0.717) is 18.2 Å². The number of carbonyl (C=O) groups is 1. The molecule has 0 spiro atoms. The van der Waals surface area contributed by atoms with Crippen molar-refractivity contribution in [2.24, 2.45) is 5.92 Å². The number of likely N-dealkylation sites (tertiary alicyclic amines) is 1. The molecule has 3 rings (SSSR count). The van der Waals surface area contributed by atoms with E-state index < -0.39 is 0 Å². The molecule has 1 saturated carbocycles. The zero-order valence-electron chi connectivity index (χ0n) is 11.2. The van der Waals surface area contributed by atoms with E-state index in [9.17, 15) is 9.90 Å². The van der Waals surface area contributed by atoms with Gasteiger partial charge in [-0.2, -0.15) is 0 Å². The molecule has 2 unspecified atom stereocenters. The monoisotopic (exact) mass is 259 g/mol. The van der Waals surface area contributed by atoms with Crippen molar-refractivity contribution >= 4 is 5.78 Å². The smallest absolute Gasteiger partial charge is 0.176 e. The second-order valence-electron chi connectivity index (χ2n) is 5.84. The Bertz CT molecular complexity index is 454. The molecule has 1 N–H and O–H groups in total. The van der Waals surface area contributed by atoms with E-state index >= 15 is 0 Å². The molecule has 0 aromatic heterocycles. The first-order valence-electron chi connectivity index (χ1n) is 7.30. The predicted octanol–water partition coefficient (Wildman–Crippen LogP) is 2.84. The maximum Gasteiger partial charge on any atom is 0.176 e.